The predicted octanol–water partition coefficient (Wildman–Crippen LogP) is 3.34. The number of hydrogen-bond acceptors (Lipinski definition) is 9. The summed E-state index contributed by atoms with van der Waals surface area (Å²) in [5.41, 5.74) is 2.14. The van der Waals surface area contributed by atoms with Gasteiger partial charge in [-0.15, -0.1) is 0 Å². The summed E-state index contributed by atoms with van der Waals surface area (Å²) in [6, 6.07) is 17.5. The van der Waals surface area contributed by atoms with Crippen LogP contribution in [0.4, 0.5) is 5.69 Å². The topological polar surface area (TPSA) is 156 Å². The van der Waals surface area contributed by atoms with Gasteiger partial charge in [0.05, 0.1) is 6.10 Å². The van der Waals surface area contributed by atoms with Crippen LogP contribution in [0.1, 0.15) is 38.9 Å². The minimum atomic E-state index is -4.34. The van der Waals surface area contributed by atoms with Crippen molar-refractivity contribution in [2.24, 2.45) is 5.92 Å². The van der Waals surface area contributed by atoms with Crippen LogP contribution in [0.15, 0.2) is 57.9 Å². The van der Waals surface area contributed by atoms with Crippen LogP contribution in [0.2, 0.25) is 0 Å². The van der Waals surface area contributed by atoms with E-state index in [9.17, 15) is 29.0 Å². The van der Waals surface area contributed by atoms with Gasteiger partial charge in [0, 0.05) is 42.4 Å². The molecule has 4 N–H and O–H groups in total. The molecule has 1 aromatic heterocycles. The average Bonchev–Trinajstić information content (AvgIpc) is 3.48. The summed E-state index contributed by atoms with van der Waals surface area (Å²) in [5.74, 6) is -0.00152. The third-order valence-electron chi connectivity index (χ3n) is 8.02. The second-order valence-electron chi connectivity index (χ2n) is 10.8. The van der Waals surface area contributed by atoms with Gasteiger partial charge in [0.15, 0.2) is 11.2 Å². The van der Waals surface area contributed by atoms with Gasteiger partial charge in [0.2, 0.25) is 0 Å². The number of nitriles is 1. The molecular weight excluding hydrogens is 546 g/mol. The van der Waals surface area contributed by atoms with Crippen LogP contribution in [0.3, 0.4) is 0 Å². The van der Waals surface area contributed by atoms with Crippen molar-refractivity contribution in [2.45, 2.75) is 57.7 Å². The maximum absolute atomic E-state index is 13.0. The molecule has 218 valence electrons. The van der Waals surface area contributed by atoms with Gasteiger partial charge in [-0.3, -0.25) is 0 Å². The lowest BCUT2D eigenvalue weighted by Crippen LogP contribution is -2.56. The summed E-state index contributed by atoms with van der Waals surface area (Å²) in [4.78, 5) is 1.86. The Bertz CT molecular complexity index is 1590. The number of fused-ring (bicyclic) bond motifs is 1. The summed E-state index contributed by atoms with van der Waals surface area (Å²) in [6.07, 6.45) is -1.59. The summed E-state index contributed by atoms with van der Waals surface area (Å²) in [6.45, 7) is 4.67. The third-order valence-corrected chi connectivity index (χ3v) is 9.51. The van der Waals surface area contributed by atoms with Crippen LogP contribution < -0.4 is 9.62 Å². The molecule has 2 fully saturated rings. The molecule has 2 aromatic carbocycles. The number of nitrogens with one attached hydrogen (secondary N) is 1. The number of sulfonamides is 1. The number of ether oxygens (including phenoxy) is 1. The fourth-order valence-corrected chi connectivity index (χ4v) is 6.56. The van der Waals surface area contributed by atoms with E-state index in [0.29, 0.717) is 5.76 Å². The highest BCUT2D eigenvalue weighted by Gasteiger charge is 2.42. The van der Waals surface area contributed by atoms with Crippen LogP contribution in [0, 0.1) is 17.2 Å². The number of benzene rings is 2. The summed E-state index contributed by atoms with van der Waals surface area (Å²) in [5, 5.41) is 42.2. The standard InChI is InChI=1S/C30H35N3O7S/c1-18(27(16-31)41(37,38)32-17-26-29(35)28(34)19(2)30(36)40-26)24-10-11-25(39-24)22-7-6-21-15-23(9-8-20(21)14-22)33-12-4-3-5-13-33/h6-11,14-15,19,26,28-30,32,34-36H,3-5,12-13,17H2,1-2H3/b27-18+/t19-,26-,28-,29-,30?/m1/s1. The maximum Gasteiger partial charge on any atom is 0.251 e. The highest BCUT2D eigenvalue weighted by Crippen LogP contribution is 2.32. The van der Waals surface area contributed by atoms with E-state index in [1.807, 2.05) is 18.2 Å². The molecule has 5 atom stereocenters. The fraction of sp³-hybridized carbons (Fsp3) is 0.433. The lowest BCUT2D eigenvalue weighted by Gasteiger charge is -2.39. The van der Waals surface area contributed by atoms with Gasteiger partial charge in [-0.1, -0.05) is 25.1 Å². The number of piperidine rings is 1. The van der Waals surface area contributed by atoms with E-state index in [4.69, 9.17) is 9.15 Å². The number of anilines is 1. The Kier molecular flexibility index (Phi) is 8.52. The highest BCUT2D eigenvalue weighted by molar-refractivity contribution is 7.93. The van der Waals surface area contributed by atoms with Gasteiger partial charge < -0.3 is 29.4 Å². The van der Waals surface area contributed by atoms with E-state index in [0.717, 1.165) is 29.4 Å². The number of furan rings is 1. The molecule has 3 aromatic rings. The van der Waals surface area contributed by atoms with Crippen molar-refractivity contribution in [2.75, 3.05) is 24.5 Å². The molecule has 2 aliphatic heterocycles. The van der Waals surface area contributed by atoms with Crippen molar-refractivity contribution in [3.05, 3.63) is 59.2 Å². The molecule has 10 nitrogen and oxygen atoms in total. The van der Waals surface area contributed by atoms with Crippen molar-refractivity contribution in [3.8, 4) is 17.4 Å². The minimum absolute atomic E-state index is 0.108. The summed E-state index contributed by atoms with van der Waals surface area (Å²) in [7, 11) is -4.34. The molecule has 2 saturated heterocycles. The zero-order valence-electron chi connectivity index (χ0n) is 23.0. The lowest BCUT2D eigenvalue weighted by molar-refractivity contribution is -0.257. The third kappa shape index (κ3) is 6.04. The lowest BCUT2D eigenvalue weighted by atomic mass is 9.92. The molecule has 0 saturated carbocycles. The normalized spacial score (nSPS) is 26.0. The first-order valence-corrected chi connectivity index (χ1v) is 15.3. The minimum Gasteiger partial charge on any atom is -0.456 e. The quantitative estimate of drug-likeness (QED) is 0.307. The highest BCUT2D eigenvalue weighted by atomic mass is 32.2. The molecule has 41 heavy (non-hydrogen) atoms. The van der Waals surface area contributed by atoms with Crippen LogP contribution in [0.25, 0.3) is 27.7 Å². The van der Waals surface area contributed by atoms with Crippen molar-refractivity contribution in [1.82, 2.24) is 4.72 Å². The maximum atomic E-state index is 13.0. The Morgan fingerprint density at radius 3 is 2.46 bits per heavy atom. The number of nitrogens with zero attached hydrogens (tertiary/aromatic N) is 2. The number of rotatable bonds is 7. The molecule has 0 bridgehead atoms. The van der Waals surface area contributed by atoms with Crippen molar-refractivity contribution in [3.63, 3.8) is 0 Å². The zero-order chi connectivity index (χ0) is 29.3. The monoisotopic (exact) mass is 581 g/mol. The van der Waals surface area contributed by atoms with E-state index >= 15 is 0 Å². The van der Waals surface area contributed by atoms with E-state index in [1.165, 1.54) is 38.8 Å². The Balaban J connectivity index is 1.33. The SMILES string of the molecule is C/C(=C(/C#N)S(=O)(=O)NC[C@H]1OC(O)[C@H](C)[C@@H](O)[C@@H]1O)c1ccc(-c2ccc3cc(N4CCCCC4)ccc3c2)o1. The van der Waals surface area contributed by atoms with Gasteiger partial charge in [0.1, 0.15) is 29.8 Å². The van der Waals surface area contributed by atoms with E-state index in [2.05, 4.69) is 27.8 Å². The Hall–Kier alpha value is -3.24. The zero-order valence-corrected chi connectivity index (χ0v) is 23.8. The number of hydrogen-bond donors (Lipinski definition) is 4. The second-order valence-corrected chi connectivity index (χ2v) is 12.5. The molecule has 0 aliphatic carbocycles. The average molecular weight is 582 g/mol. The molecule has 2 aliphatic rings. The molecular formula is C30H35N3O7S. The second kappa shape index (κ2) is 11.9. The number of aliphatic hydroxyl groups excluding tert-OH is 3. The van der Waals surface area contributed by atoms with E-state index < -0.39 is 52.0 Å². The Labute approximate surface area is 239 Å². The molecule has 0 amide bonds. The summed E-state index contributed by atoms with van der Waals surface area (Å²) >= 11 is 0. The first-order valence-electron chi connectivity index (χ1n) is 13.8. The van der Waals surface area contributed by atoms with Crippen molar-refractivity contribution >= 4 is 32.1 Å². The van der Waals surface area contributed by atoms with Gasteiger partial charge in [-0.25, -0.2) is 13.1 Å². The van der Waals surface area contributed by atoms with E-state index in [1.54, 1.807) is 18.2 Å². The molecule has 5 rings (SSSR count). The number of aliphatic hydroxyl groups is 3. The first-order chi connectivity index (χ1) is 19.6. The summed E-state index contributed by atoms with van der Waals surface area (Å²) < 4.78 is 39.5. The molecule has 3 heterocycles. The van der Waals surface area contributed by atoms with Crippen LogP contribution in [0.5, 0.6) is 0 Å². The molecule has 0 spiro atoms. The molecule has 0 radical (unpaired) electrons. The predicted molar refractivity (Wildman–Crippen MR) is 155 cm³/mol. The Morgan fingerprint density at radius 2 is 1.73 bits per heavy atom. The van der Waals surface area contributed by atoms with Crippen LogP contribution in [-0.2, 0) is 14.8 Å². The van der Waals surface area contributed by atoms with Crippen molar-refractivity contribution < 1.29 is 32.9 Å². The van der Waals surface area contributed by atoms with Gasteiger partial charge in [-0.2, -0.15) is 5.26 Å². The van der Waals surface area contributed by atoms with Gasteiger partial charge in [-0.05, 0) is 67.3 Å². The molecule has 1 unspecified atom stereocenters. The smallest absolute Gasteiger partial charge is 0.251 e. The molecule has 11 heteroatoms. The Morgan fingerprint density at radius 1 is 1.02 bits per heavy atom. The van der Waals surface area contributed by atoms with Crippen molar-refractivity contribution in [1.29, 1.82) is 5.26 Å². The van der Waals surface area contributed by atoms with E-state index in [-0.39, 0.29) is 11.3 Å². The number of allylic oxidation sites excluding steroid dienone is 2. The van der Waals surface area contributed by atoms with Crippen LogP contribution >= 0.6 is 0 Å². The fourth-order valence-electron chi connectivity index (χ4n) is 5.40. The van der Waals surface area contributed by atoms with Crippen LogP contribution in [-0.4, -0.2) is 68.0 Å². The van der Waals surface area contributed by atoms with Gasteiger partial charge in [0.25, 0.3) is 10.0 Å². The van der Waals surface area contributed by atoms with Gasteiger partial charge >= 0.3 is 0 Å². The largest absolute Gasteiger partial charge is 0.456 e. The first kappa shape index (κ1) is 29.3.